The number of carbonyl (C=O) groups is 2. The van der Waals surface area contributed by atoms with E-state index in [1.54, 1.807) is 56.3 Å². The van der Waals surface area contributed by atoms with Crippen LogP contribution in [0, 0.1) is 6.92 Å². The average molecular weight is 472 g/mol. The smallest absolute Gasteiger partial charge is 0.329 e. The zero-order chi connectivity index (χ0) is 22.9. The summed E-state index contributed by atoms with van der Waals surface area (Å²) in [6.45, 7) is 1.91. The lowest BCUT2D eigenvalue weighted by Gasteiger charge is -2.08. The van der Waals surface area contributed by atoms with Crippen LogP contribution in [0.3, 0.4) is 0 Å². The Kier molecular flexibility index (Phi) is 8.17. The molecule has 32 heavy (non-hydrogen) atoms. The lowest BCUT2D eigenvalue weighted by Crippen LogP contribution is -2.32. The van der Waals surface area contributed by atoms with Crippen molar-refractivity contribution >= 4 is 46.8 Å². The van der Waals surface area contributed by atoms with Gasteiger partial charge in [-0.2, -0.15) is 5.10 Å². The van der Waals surface area contributed by atoms with Crippen molar-refractivity contribution in [2.24, 2.45) is 5.10 Å². The van der Waals surface area contributed by atoms with E-state index in [2.05, 4.69) is 26.0 Å². The molecule has 1 aromatic heterocycles. The minimum atomic E-state index is -0.881. The van der Waals surface area contributed by atoms with Gasteiger partial charge in [-0.3, -0.25) is 9.59 Å². The second-order valence-electron chi connectivity index (χ2n) is 6.33. The Bertz CT molecular complexity index is 1120. The molecule has 2 N–H and O–H groups in total. The van der Waals surface area contributed by atoms with Crippen molar-refractivity contribution in [1.29, 1.82) is 0 Å². The summed E-state index contributed by atoms with van der Waals surface area (Å²) in [6, 6.07) is 12.1. The number of carbonyl (C=O) groups excluding carboxylic acids is 2. The van der Waals surface area contributed by atoms with Gasteiger partial charge >= 0.3 is 11.8 Å². The Hall–Kier alpha value is -3.44. The summed E-state index contributed by atoms with van der Waals surface area (Å²) < 4.78 is 11.3. The first kappa shape index (κ1) is 23.2. The molecule has 1 heterocycles. The van der Waals surface area contributed by atoms with E-state index in [-0.39, 0.29) is 0 Å². The van der Waals surface area contributed by atoms with Crippen LogP contribution in [0.5, 0.6) is 11.5 Å². The third-order valence-corrected chi connectivity index (χ3v) is 6.12. The number of hydrogen-bond donors (Lipinski definition) is 2. The Morgan fingerprint density at radius 1 is 1.09 bits per heavy atom. The summed E-state index contributed by atoms with van der Waals surface area (Å²) in [5.41, 5.74) is 4.38. The Morgan fingerprint density at radius 2 is 1.88 bits per heavy atom. The number of anilines is 1. The van der Waals surface area contributed by atoms with Crippen LogP contribution in [-0.2, 0) is 15.3 Å². The van der Waals surface area contributed by atoms with Gasteiger partial charge in [-0.05, 0) is 55.0 Å². The van der Waals surface area contributed by atoms with Gasteiger partial charge < -0.3 is 14.8 Å². The average Bonchev–Trinajstić information content (AvgIpc) is 3.23. The Balaban J connectivity index is 1.57. The minimum Gasteiger partial charge on any atom is -0.497 e. The highest BCUT2D eigenvalue weighted by Gasteiger charge is 2.13. The van der Waals surface area contributed by atoms with Gasteiger partial charge in [-0.1, -0.05) is 23.1 Å². The molecule has 0 fully saturated rings. The predicted octanol–water partition coefficient (Wildman–Crippen LogP) is 3.24. The Morgan fingerprint density at radius 3 is 2.53 bits per heavy atom. The molecule has 166 valence electrons. The van der Waals surface area contributed by atoms with Crippen LogP contribution in [0.25, 0.3) is 0 Å². The number of hydrazone groups is 1. The number of aryl methyl sites for hydroxylation is 1. The second kappa shape index (κ2) is 11.3. The molecule has 3 aromatic rings. The fraction of sp³-hybridized carbons (Fsp3) is 0.190. The molecule has 3 rings (SSSR count). The van der Waals surface area contributed by atoms with Crippen molar-refractivity contribution in [2.45, 2.75) is 17.0 Å². The largest absolute Gasteiger partial charge is 0.497 e. The van der Waals surface area contributed by atoms with Gasteiger partial charge in [0.1, 0.15) is 16.5 Å². The number of thioether (sulfide) groups is 1. The number of nitrogens with zero attached hydrogens (tertiary/aromatic N) is 3. The van der Waals surface area contributed by atoms with Crippen LogP contribution in [0.15, 0.2) is 51.9 Å². The molecule has 0 unspecified atom stereocenters. The summed E-state index contributed by atoms with van der Waals surface area (Å²) in [5, 5.41) is 15.4. The van der Waals surface area contributed by atoms with E-state index in [9.17, 15) is 9.59 Å². The number of benzene rings is 2. The fourth-order valence-corrected chi connectivity index (χ4v) is 4.34. The monoisotopic (exact) mass is 471 g/mol. The summed E-state index contributed by atoms with van der Waals surface area (Å²) in [6.07, 6.45) is 1.46. The molecule has 0 bridgehead atoms. The lowest BCUT2D eigenvalue weighted by molar-refractivity contribution is -0.136. The van der Waals surface area contributed by atoms with E-state index in [0.717, 1.165) is 26.2 Å². The molecule has 0 saturated heterocycles. The van der Waals surface area contributed by atoms with Crippen LogP contribution in [0.2, 0.25) is 0 Å². The van der Waals surface area contributed by atoms with Crippen LogP contribution in [-0.4, -0.2) is 42.4 Å². The highest BCUT2D eigenvalue weighted by Crippen LogP contribution is 2.30. The van der Waals surface area contributed by atoms with Gasteiger partial charge in [0.25, 0.3) is 0 Å². The molecule has 9 nitrogen and oxygen atoms in total. The number of nitrogens with one attached hydrogen (secondary N) is 2. The molecule has 11 heteroatoms. The maximum absolute atomic E-state index is 12.0. The summed E-state index contributed by atoms with van der Waals surface area (Å²) in [7, 11) is 3.15. The van der Waals surface area contributed by atoms with E-state index in [4.69, 9.17) is 9.47 Å². The number of ether oxygens (including phenoxy) is 2. The second-order valence-corrected chi connectivity index (χ2v) is 8.73. The standard InChI is InChI=1S/C21H21N5O4S2/c1-13-24-26-21(32-13)31-12-15-10-14(4-9-18(15)30-3)11-22-25-20(28)19(27)23-16-5-7-17(29-2)8-6-16/h4-11H,12H2,1-3H3,(H,23,27)(H,25,28). The molecule has 0 radical (unpaired) electrons. The molecule has 0 aliphatic carbocycles. The third-order valence-electron chi connectivity index (χ3n) is 4.10. The van der Waals surface area contributed by atoms with Crippen LogP contribution < -0.4 is 20.2 Å². The maximum atomic E-state index is 12.0. The van der Waals surface area contributed by atoms with Gasteiger partial charge in [0.2, 0.25) is 0 Å². The van der Waals surface area contributed by atoms with E-state index in [0.29, 0.717) is 17.2 Å². The summed E-state index contributed by atoms with van der Waals surface area (Å²) in [4.78, 5) is 24.0. The number of hydrogen-bond acceptors (Lipinski definition) is 9. The van der Waals surface area contributed by atoms with Gasteiger partial charge in [-0.15, -0.1) is 10.2 Å². The van der Waals surface area contributed by atoms with Gasteiger partial charge in [0, 0.05) is 17.0 Å². The van der Waals surface area contributed by atoms with E-state index < -0.39 is 11.8 Å². The first-order valence-corrected chi connectivity index (χ1v) is 11.2. The zero-order valence-corrected chi connectivity index (χ0v) is 19.3. The molecular formula is C21H21N5O4S2. The highest BCUT2D eigenvalue weighted by atomic mass is 32.2. The van der Waals surface area contributed by atoms with Crippen molar-refractivity contribution < 1.29 is 19.1 Å². The number of rotatable bonds is 8. The third kappa shape index (κ3) is 6.53. The van der Waals surface area contributed by atoms with Gasteiger partial charge in [0.15, 0.2) is 4.34 Å². The SMILES string of the molecule is COc1ccc(NC(=O)C(=O)NN=Cc2ccc(OC)c(CSc3nnc(C)s3)c2)cc1. The van der Waals surface area contributed by atoms with Crippen molar-refractivity contribution in [3.63, 3.8) is 0 Å². The molecule has 0 spiro atoms. The Labute approximate surface area is 193 Å². The number of methoxy groups -OCH3 is 2. The van der Waals surface area contributed by atoms with Crippen molar-refractivity contribution in [2.75, 3.05) is 19.5 Å². The zero-order valence-electron chi connectivity index (χ0n) is 17.6. The van der Waals surface area contributed by atoms with Crippen LogP contribution >= 0.6 is 23.1 Å². The van der Waals surface area contributed by atoms with E-state index >= 15 is 0 Å². The number of aromatic nitrogens is 2. The van der Waals surface area contributed by atoms with Crippen molar-refractivity contribution in [1.82, 2.24) is 15.6 Å². The molecule has 0 atom stereocenters. The summed E-state index contributed by atoms with van der Waals surface area (Å²) in [5.74, 6) is 0.307. The topological polar surface area (TPSA) is 115 Å². The van der Waals surface area contributed by atoms with E-state index in [1.807, 2.05) is 19.1 Å². The number of amides is 2. The van der Waals surface area contributed by atoms with Crippen molar-refractivity contribution in [3.05, 3.63) is 58.6 Å². The van der Waals surface area contributed by atoms with Crippen molar-refractivity contribution in [3.8, 4) is 11.5 Å². The molecule has 0 aliphatic heterocycles. The highest BCUT2D eigenvalue weighted by molar-refractivity contribution is 8.00. The first-order chi connectivity index (χ1) is 15.5. The first-order valence-electron chi connectivity index (χ1n) is 9.36. The van der Waals surface area contributed by atoms with Crippen LogP contribution in [0.1, 0.15) is 16.1 Å². The maximum Gasteiger partial charge on any atom is 0.329 e. The molecule has 0 saturated carbocycles. The normalized spacial score (nSPS) is 10.7. The van der Waals surface area contributed by atoms with Crippen LogP contribution in [0.4, 0.5) is 5.69 Å². The predicted molar refractivity (Wildman–Crippen MR) is 125 cm³/mol. The molecular weight excluding hydrogens is 450 g/mol. The quantitative estimate of drug-likeness (QED) is 0.224. The lowest BCUT2D eigenvalue weighted by atomic mass is 10.1. The fourth-order valence-electron chi connectivity index (χ4n) is 2.55. The van der Waals surface area contributed by atoms with Gasteiger partial charge in [-0.25, -0.2) is 5.43 Å². The van der Waals surface area contributed by atoms with E-state index in [1.165, 1.54) is 17.6 Å². The minimum absolute atomic E-state index is 0.470. The summed E-state index contributed by atoms with van der Waals surface area (Å²) >= 11 is 3.09. The molecule has 2 amide bonds. The molecule has 0 aliphatic rings. The van der Waals surface area contributed by atoms with Gasteiger partial charge in [0.05, 0.1) is 20.4 Å². The molecule has 2 aromatic carbocycles.